The predicted octanol–water partition coefficient (Wildman–Crippen LogP) is 1.82. The Bertz CT molecular complexity index is 116. The molecule has 9 heavy (non-hydrogen) atoms. The average Bonchev–Trinajstić information content (AvgIpc) is 2.37. The highest BCUT2D eigenvalue weighted by molar-refractivity contribution is 4.87. The molecule has 1 aliphatic rings. The lowest BCUT2D eigenvalue weighted by molar-refractivity contribution is 0.311. The Hall–Kier alpha value is -0.600. The van der Waals surface area contributed by atoms with Crippen LogP contribution in [0.4, 0.5) is 8.78 Å². The third-order valence-electron chi connectivity index (χ3n) is 1.50. The number of hydrogen-bond acceptors (Lipinski definition) is 1. The van der Waals surface area contributed by atoms with Gasteiger partial charge in [-0.1, -0.05) is 0 Å². The maximum Gasteiger partial charge on any atom is 0.218 e. The van der Waals surface area contributed by atoms with Crippen LogP contribution in [0.1, 0.15) is 12.8 Å². The van der Waals surface area contributed by atoms with Gasteiger partial charge in [0.2, 0.25) is 5.95 Å². The van der Waals surface area contributed by atoms with E-state index in [-0.39, 0.29) is 6.33 Å². The van der Waals surface area contributed by atoms with Crippen LogP contribution in [0.3, 0.4) is 0 Å². The average molecular weight is 133 g/mol. The van der Waals surface area contributed by atoms with Crippen molar-refractivity contribution in [2.75, 3.05) is 13.1 Å². The Labute approximate surface area is 53.0 Å². The molecular weight excluding hydrogens is 124 g/mol. The van der Waals surface area contributed by atoms with Gasteiger partial charge >= 0.3 is 0 Å². The summed E-state index contributed by atoms with van der Waals surface area (Å²) in [6.07, 6.45) is 1.97. The number of rotatable bonds is 1. The van der Waals surface area contributed by atoms with Crippen molar-refractivity contribution >= 4 is 0 Å². The molecule has 1 heterocycles. The highest BCUT2D eigenvalue weighted by Crippen LogP contribution is 2.14. The van der Waals surface area contributed by atoms with Gasteiger partial charge in [0.25, 0.3) is 0 Å². The van der Waals surface area contributed by atoms with Crippen molar-refractivity contribution in [2.45, 2.75) is 12.8 Å². The predicted molar refractivity (Wildman–Crippen MR) is 31.1 cm³/mol. The van der Waals surface area contributed by atoms with Gasteiger partial charge in [-0.2, -0.15) is 4.39 Å². The smallest absolute Gasteiger partial charge is 0.218 e. The third kappa shape index (κ3) is 1.40. The molecule has 1 fully saturated rings. The Morgan fingerprint density at radius 3 is 2.33 bits per heavy atom. The van der Waals surface area contributed by atoms with E-state index < -0.39 is 5.95 Å². The maximum absolute atomic E-state index is 12.2. The quantitative estimate of drug-likeness (QED) is 0.493. The normalized spacial score (nSPS) is 21.1. The van der Waals surface area contributed by atoms with E-state index in [9.17, 15) is 8.78 Å². The van der Waals surface area contributed by atoms with Crippen LogP contribution in [0.5, 0.6) is 0 Å². The number of likely N-dealkylation sites (tertiary alicyclic amines) is 1. The van der Waals surface area contributed by atoms with Crippen molar-refractivity contribution in [3.05, 3.63) is 12.3 Å². The van der Waals surface area contributed by atoms with Crippen LogP contribution in [0.25, 0.3) is 0 Å². The van der Waals surface area contributed by atoms with Crippen molar-refractivity contribution in [1.29, 1.82) is 0 Å². The van der Waals surface area contributed by atoms with Gasteiger partial charge in [-0.15, -0.1) is 0 Å². The molecule has 0 saturated carbocycles. The molecule has 0 aromatic carbocycles. The number of halogens is 2. The van der Waals surface area contributed by atoms with Crippen LogP contribution < -0.4 is 0 Å². The van der Waals surface area contributed by atoms with E-state index in [1.54, 1.807) is 0 Å². The summed E-state index contributed by atoms with van der Waals surface area (Å²) in [7, 11) is 0. The summed E-state index contributed by atoms with van der Waals surface area (Å²) >= 11 is 0. The van der Waals surface area contributed by atoms with Crippen molar-refractivity contribution in [3.8, 4) is 0 Å². The Morgan fingerprint density at radius 1 is 1.33 bits per heavy atom. The SMILES string of the molecule is F/C=C(/F)N1CCCC1. The summed E-state index contributed by atoms with van der Waals surface area (Å²) in [6, 6.07) is 0. The van der Waals surface area contributed by atoms with Crippen LogP contribution in [0.15, 0.2) is 12.3 Å². The first-order chi connectivity index (χ1) is 4.34. The molecule has 0 bridgehead atoms. The second-order valence-corrected chi connectivity index (χ2v) is 2.13. The van der Waals surface area contributed by atoms with Gasteiger partial charge in [-0.25, -0.2) is 4.39 Å². The van der Waals surface area contributed by atoms with Crippen molar-refractivity contribution in [2.24, 2.45) is 0 Å². The van der Waals surface area contributed by atoms with E-state index in [0.29, 0.717) is 13.1 Å². The van der Waals surface area contributed by atoms with Gasteiger partial charge in [0.1, 0.15) is 6.33 Å². The lowest BCUT2D eigenvalue weighted by atomic mass is 10.4. The molecule has 1 rings (SSSR count). The lowest BCUT2D eigenvalue weighted by Gasteiger charge is -2.11. The third-order valence-corrected chi connectivity index (χ3v) is 1.50. The van der Waals surface area contributed by atoms with Crippen molar-refractivity contribution in [1.82, 2.24) is 4.90 Å². The number of nitrogens with zero attached hydrogens (tertiary/aromatic N) is 1. The van der Waals surface area contributed by atoms with Crippen LogP contribution >= 0.6 is 0 Å². The second kappa shape index (κ2) is 2.80. The minimum atomic E-state index is -0.729. The first-order valence-electron chi connectivity index (χ1n) is 3.05. The molecule has 52 valence electrons. The van der Waals surface area contributed by atoms with Gasteiger partial charge in [-0.3, -0.25) is 0 Å². The lowest BCUT2D eigenvalue weighted by Crippen LogP contribution is -2.14. The van der Waals surface area contributed by atoms with Crippen LogP contribution in [-0.4, -0.2) is 18.0 Å². The summed E-state index contributed by atoms with van der Waals surface area (Å²) in [5.41, 5.74) is 0. The maximum atomic E-state index is 12.2. The van der Waals surface area contributed by atoms with Crippen LogP contribution in [0.2, 0.25) is 0 Å². The zero-order chi connectivity index (χ0) is 6.69. The molecule has 3 heteroatoms. The van der Waals surface area contributed by atoms with Crippen molar-refractivity contribution in [3.63, 3.8) is 0 Å². The monoisotopic (exact) mass is 133 g/mol. The fraction of sp³-hybridized carbons (Fsp3) is 0.667. The van der Waals surface area contributed by atoms with Gasteiger partial charge < -0.3 is 4.90 Å². The van der Waals surface area contributed by atoms with E-state index in [1.807, 2.05) is 0 Å². The Balaban J connectivity index is 2.42. The first-order valence-corrected chi connectivity index (χ1v) is 3.05. The molecule has 0 atom stereocenters. The van der Waals surface area contributed by atoms with Gasteiger partial charge in [-0.05, 0) is 12.8 Å². The Kier molecular flexibility index (Phi) is 2.03. The molecule has 0 amide bonds. The highest BCUT2D eigenvalue weighted by atomic mass is 19.2. The number of hydrogen-bond donors (Lipinski definition) is 0. The fourth-order valence-electron chi connectivity index (χ4n) is 1.000. The molecular formula is C6H9F2N. The zero-order valence-electron chi connectivity index (χ0n) is 5.11. The molecule has 0 aromatic heterocycles. The van der Waals surface area contributed by atoms with Crippen LogP contribution in [0, 0.1) is 0 Å². The topological polar surface area (TPSA) is 3.24 Å². The fourth-order valence-corrected chi connectivity index (χ4v) is 1.000. The molecule has 0 spiro atoms. The largest absolute Gasteiger partial charge is 0.347 e. The molecule has 0 aromatic rings. The minimum Gasteiger partial charge on any atom is -0.347 e. The Morgan fingerprint density at radius 2 is 1.89 bits per heavy atom. The van der Waals surface area contributed by atoms with E-state index in [1.165, 1.54) is 4.90 Å². The molecule has 0 unspecified atom stereocenters. The standard InChI is InChI=1S/C6H9F2N/c7-5-6(8)9-3-1-2-4-9/h5H,1-4H2/b6-5-. The van der Waals surface area contributed by atoms with E-state index >= 15 is 0 Å². The minimum absolute atomic E-state index is 0.0192. The first kappa shape index (κ1) is 6.52. The summed E-state index contributed by atoms with van der Waals surface area (Å²) < 4.78 is 23.7. The van der Waals surface area contributed by atoms with Gasteiger partial charge in [0.15, 0.2) is 0 Å². The second-order valence-electron chi connectivity index (χ2n) is 2.13. The van der Waals surface area contributed by atoms with E-state index in [2.05, 4.69) is 0 Å². The summed E-state index contributed by atoms with van der Waals surface area (Å²) in [6.45, 7) is 1.32. The zero-order valence-corrected chi connectivity index (χ0v) is 5.11. The van der Waals surface area contributed by atoms with Gasteiger partial charge in [0, 0.05) is 13.1 Å². The van der Waals surface area contributed by atoms with Gasteiger partial charge in [0.05, 0.1) is 0 Å². The molecule has 0 aliphatic carbocycles. The van der Waals surface area contributed by atoms with E-state index in [0.717, 1.165) is 12.8 Å². The summed E-state index contributed by atoms with van der Waals surface area (Å²) in [4.78, 5) is 1.40. The highest BCUT2D eigenvalue weighted by Gasteiger charge is 2.13. The van der Waals surface area contributed by atoms with E-state index in [4.69, 9.17) is 0 Å². The van der Waals surface area contributed by atoms with Crippen molar-refractivity contribution < 1.29 is 8.78 Å². The molecule has 0 N–H and O–H groups in total. The molecule has 1 aliphatic heterocycles. The summed E-state index contributed by atoms with van der Waals surface area (Å²) in [5.74, 6) is -0.729. The molecule has 1 nitrogen and oxygen atoms in total. The van der Waals surface area contributed by atoms with Crippen LogP contribution in [-0.2, 0) is 0 Å². The molecule has 0 radical (unpaired) electrons. The summed E-state index contributed by atoms with van der Waals surface area (Å²) in [5, 5.41) is 0. The molecule has 1 saturated heterocycles.